The van der Waals surface area contributed by atoms with Crippen molar-refractivity contribution < 1.29 is 24.2 Å². The van der Waals surface area contributed by atoms with Gasteiger partial charge in [0.15, 0.2) is 0 Å². The van der Waals surface area contributed by atoms with Gasteiger partial charge in [0, 0.05) is 30.3 Å². The minimum atomic E-state index is -1.07. The number of carbonyl (C=O) groups excluding carboxylic acids is 2. The predicted octanol–water partition coefficient (Wildman–Crippen LogP) is 3.57. The molecule has 3 amide bonds. The van der Waals surface area contributed by atoms with Crippen LogP contribution in [-0.2, 0) is 11.2 Å². The summed E-state index contributed by atoms with van der Waals surface area (Å²) in [4.78, 5) is 39.5. The Morgan fingerprint density at radius 2 is 1.79 bits per heavy atom. The van der Waals surface area contributed by atoms with Crippen molar-refractivity contribution in [1.29, 1.82) is 0 Å². The van der Waals surface area contributed by atoms with Crippen LogP contribution in [0.25, 0.3) is 10.9 Å². The normalized spacial score (nSPS) is 11.5. The Morgan fingerprint density at radius 1 is 1.03 bits per heavy atom. The van der Waals surface area contributed by atoms with Crippen LogP contribution in [0, 0.1) is 0 Å². The van der Waals surface area contributed by atoms with Gasteiger partial charge < -0.3 is 20.9 Å². The number of benzene rings is 2. The summed E-state index contributed by atoms with van der Waals surface area (Å²) in [6, 6.07) is 17.5. The maximum absolute atomic E-state index is 12.4. The van der Waals surface area contributed by atoms with E-state index in [1.54, 1.807) is 30.3 Å². The Bertz CT molecular complexity index is 1350. The van der Waals surface area contributed by atoms with Crippen LogP contribution in [0.4, 0.5) is 15.4 Å². The molecule has 0 saturated carbocycles. The van der Waals surface area contributed by atoms with E-state index in [9.17, 15) is 19.5 Å². The van der Waals surface area contributed by atoms with Crippen molar-refractivity contribution in [3.05, 3.63) is 84.7 Å². The molecule has 0 saturated heterocycles. The number of rotatable bonds is 7. The van der Waals surface area contributed by atoms with Crippen LogP contribution in [0.3, 0.4) is 0 Å². The third-order valence-corrected chi connectivity index (χ3v) is 5.01. The minimum absolute atomic E-state index is 0.205. The molecule has 4 aromatic rings. The fourth-order valence-corrected chi connectivity index (χ4v) is 3.41. The van der Waals surface area contributed by atoms with Crippen LogP contribution in [0.5, 0.6) is 11.5 Å². The molecule has 0 aliphatic heterocycles. The molecule has 0 unspecified atom stereocenters. The topological polar surface area (TPSA) is 149 Å². The first-order valence-corrected chi connectivity index (χ1v) is 10.3. The van der Waals surface area contributed by atoms with Gasteiger partial charge in [0.1, 0.15) is 23.4 Å². The number of hydrogen-bond acceptors (Lipinski definition) is 5. The Morgan fingerprint density at radius 3 is 2.53 bits per heavy atom. The summed E-state index contributed by atoms with van der Waals surface area (Å²) in [6.07, 6.45) is 2.10. The first kappa shape index (κ1) is 22.3. The smallest absolute Gasteiger partial charge is 0.415 e. The fourth-order valence-electron chi connectivity index (χ4n) is 3.41. The summed E-state index contributed by atoms with van der Waals surface area (Å²) in [5, 5.41) is 15.0. The van der Waals surface area contributed by atoms with E-state index in [1.165, 1.54) is 18.5 Å². The zero-order valence-corrected chi connectivity index (χ0v) is 17.8. The number of nitrogens with one attached hydrogen (secondary N) is 2. The molecule has 10 nitrogen and oxygen atoms in total. The number of aromatic nitrogens is 2. The summed E-state index contributed by atoms with van der Waals surface area (Å²) >= 11 is 0. The van der Waals surface area contributed by atoms with Crippen molar-refractivity contribution in [3.63, 3.8) is 0 Å². The van der Waals surface area contributed by atoms with Gasteiger partial charge >= 0.3 is 12.1 Å². The summed E-state index contributed by atoms with van der Waals surface area (Å²) < 4.78 is 6.95. The number of nitrogens with zero attached hydrogens (tertiary/aromatic N) is 2. The lowest BCUT2D eigenvalue weighted by atomic mass is 10.1. The Kier molecular flexibility index (Phi) is 6.40. The highest BCUT2D eigenvalue weighted by molar-refractivity contribution is 5.93. The second-order valence-corrected chi connectivity index (χ2v) is 7.41. The molecule has 0 aliphatic rings. The molecule has 5 N–H and O–H groups in total. The van der Waals surface area contributed by atoms with Crippen molar-refractivity contribution in [2.24, 2.45) is 5.73 Å². The number of nitrogens with two attached hydrogens (primary N) is 1. The van der Waals surface area contributed by atoms with Crippen molar-refractivity contribution in [3.8, 4) is 11.5 Å². The van der Waals surface area contributed by atoms with Gasteiger partial charge in [0.05, 0.1) is 5.52 Å². The van der Waals surface area contributed by atoms with Crippen molar-refractivity contribution in [2.75, 3.05) is 5.32 Å². The van der Waals surface area contributed by atoms with Crippen LogP contribution in [0.1, 0.15) is 5.56 Å². The Labute approximate surface area is 194 Å². The second kappa shape index (κ2) is 9.74. The highest BCUT2D eigenvalue weighted by Crippen LogP contribution is 2.27. The molecule has 0 fully saturated rings. The van der Waals surface area contributed by atoms with Crippen LogP contribution in [-0.4, -0.2) is 38.7 Å². The maximum Gasteiger partial charge on any atom is 0.415 e. The van der Waals surface area contributed by atoms with E-state index < -0.39 is 24.1 Å². The lowest BCUT2D eigenvalue weighted by molar-refractivity contribution is -0.119. The zero-order chi connectivity index (χ0) is 24.1. The molecule has 2 heterocycles. The molecule has 10 heteroatoms. The quantitative estimate of drug-likeness (QED) is 0.332. The average molecular weight is 459 g/mol. The molecule has 172 valence electrons. The maximum atomic E-state index is 12.4. The van der Waals surface area contributed by atoms with Gasteiger partial charge in [0.25, 0.3) is 0 Å². The summed E-state index contributed by atoms with van der Waals surface area (Å²) in [6.45, 7) is 0. The highest BCUT2D eigenvalue weighted by Gasteiger charge is 2.19. The van der Waals surface area contributed by atoms with Crippen LogP contribution in [0.15, 0.2) is 79.1 Å². The highest BCUT2D eigenvalue weighted by atomic mass is 16.5. The van der Waals surface area contributed by atoms with E-state index in [1.807, 2.05) is 30.3 Å². The molecule has 0 spiro atoms. The number of pyridine rings is 1. The van der Waals surface area contributed by atoms with E-state index in [2.05, 4.69) is 15.6 Å². The molecule has 4 rings (SSSR count). The van der Waals surface area contributed by atoms with Gasteiger partial charge in [-0.3, -0.25) is 14.7 Å². The fraction of sp³-hybridized carbons (Fsp3) is 0.0833. The third-order valence-electron chi connectivity index (χ3n) is 5.01. The number of carbonyl (C=O) groups is 3. The molecule has 2 aromatic carbocycles. The standard InChI is InChI=1S/C24H21N5O5/c25-22(30)19(12-15-4-2-1-3-5-15)27-23(31)28-21-14-18(8-10-26-21)34-17-6-7-20-16(13-17)9-11-29(20)24(32)33/h1-11,13-14,19H,12H2,(H2,25,30)(H,32,33)(H2,26,27,28,31)/t19-/m1/s1. The zero-order valence-electron chi connectivity index (χ0n) is 17.8. The number of amides is 3. The predicted molar refractivity (Wildman–Crippen MR) is 125 cm³/mol. The lowest BCUT2D eigenvalue weighted by Crippen LogP contribution is -2.47. The molecule has 34 heavy (non-hydrogen) atoms. The van der Waals surface area contributed by atoms with E-state index in [4.69, 9.17) is 10.5 Å². The summed E-state index contributed by atoms with van der Waals surface area (Å²) in [5.74, 6) is 0.430. The van der Waals surface area contributed by atoms with Crippen LogP contribution >= 0.6 is 0 Å². The number of primary amides is 1. The largest absolute Gasteiger partial charge is 0.464 e. The number of fused-ring (bicyclic) bond motifs is 1. The lowest BCUT2D eigenvalue weighted by Gasteiger charge is -2.16. The van der Waals surface area contributed by atoms with Gasteiger partial charge in [-0.05, 0) is 35.9 Å². The van der Waals surface area contributed by atoms with Gasteiger partial charge in [-0.25, -0.2) is 14.6 Å². The Hall–Kier alpha value is -4.86. The van der Waals surface area contributed by atoms with E-state index in [-0.39, 0.29) is 12.2 Å². The van der Waals surface area contributed by atoms with Gasteiger partial charge in [-0.15, -0.1) is 0 Å². The number of urea groups is 1. The first-order chi connectivity index (χ1) is 16.4. The van der Waals surface area contributed by atoms with Crippen molar-refractivity contribution in [1.82, 2.24) is 14.9 Å². The SMILES string of the molecule is NC(=O)[C@@H](Cc1ccccc1)NC(=O)Nc1cc(Oc2ccc3c(ccn3C(=O)O)c2)ccn1. The summed E-state index contributed by atoms with van der Waals surface area (Å²) in [7, 11) is 0. The number of ether oxygens (including phenoxy) is 1. The Balaban J connectivity index is 1.42. The van der Waals surface area contributed by atoms with E-state index in [0.717, 1.165) is 10.1 Å². The molecule has 0 aliphatic carbocycles. The molecule has 0 bridgehead atoms. The monoisotopic (exact) mass is 459 g/mol. The summed E-state index contributed by atoms with van der Waals surface area (Å²) in [5.41, 5.74) is 6.84. The molecule has 2 aromatic heterocycles. The average Bonchev–Trinajstić information content (AvgIpc) is 3.23. The van der Waals surface area contributed by atoms with Gasteiger partial charge in [-0.2, -0.15) is 0 Å². The van der Waals surface area contributed by atoms with Crippen LogP contribution in [0.2, 0.25) is 0 Å². The molecular formula is C24H21N5O5. The van der Waals surface area contributed by atoms with Crippen molar-refractivity contribution in [2.45, 2.75) is 12.5 Å². The molecule has 1 atom stereocenters. The number of carboxylic acid groups (broad SMARTS) is 1. The number of hydrogen-bond donors (Lipinski definition) is 4. The minimum Gasteiger partial charge on any atom is -0.464 e. The first-order valence-electron chi connectivity index (χ1n) is 10.3. The van der Waals surface area contributed by atoms with Gasteiger partial charge in [-0.1, -0.05) is 30.3 Å². The third kappa shape index (κ3) is 5.30. The molecule has 0 radical (unpaired) electrons. The van der Waals surface area contributed by atoms with E-state index >= 15 is 0 Å². The number of anilines is 1. The second-order valence-electron chi connectivity index (χ2n) is 7.41. The molecular weight excluding hydrogens is 438 g/mol. The van der Waals surface area contributed by atoms with Crippen LogP contribution < -0.4 is 21.1 Å². The van der Waals surface area contributed by atoms with Crippen molar-refractivity contribution >= 4 is 34.8 Å². The van der Waals surface area contributed by atoms with Gasteiger partial charge in [0.2, 0.25) is 5.91 Å². The van der Waals surface area contributed by atoms with E-state index in [0.29, 0.717) is 22.4 Å².